The monoisotopic (exact) mass is 295 g/mol. The van der Waals surface area contributed by atoms with Crippen LogP contribution in [0.4, 0.5) is 10.5 Å². The van der Waals surface area contributed by atoms with Crippen molar-refractivity contribution < 1.29 is 19.2 Å². The molecule has 0 saturated carbocycles. The first-order chi connectivity index (χ1) is 9.92. The normalized spacial score (nSPS) is 11.3. The number of urea groups is 1. The van der Waals surface area contributed by atoms with Crippen LogP contribution in [0.5, 0.6) is 5.75 Å². The summed E-state index contributed by atoms with van der Waals surface area (Å²) in [5.41, 5.74) is -0.0697. The highest BCUT2D eigenvalue weighted by atomic mass is 16.6. The van der Waals surface area contributed by atoms with Crippen molar-refractivity contribution in [3.63, 3.8) is 0 Å². The molecule has 8 heteroatoms. The molecule has 0 radical (unpaired) electrons. The third-order valence-electron chi connectivity index (χ3n) is 2.66. The van der Waals surface area contributed by atoms with Gasteiger partial charge < -0.3 is 10.1 Å². The van der Waals surface area contributed by atoms with Crippen LogP contribution in [0.3, 0.4) is 0 Å². The van der Waals surface area contributed by atoms with Crippen molar-refractivity contribution in [2.45, 2.75) is 26.3 Å². The Hall–Kier alpha value is -2.64. The van der Waals surface area contributed by atoms with E-state index in [1.807, 2.05) is 13.8 Å². The van der Waals surface area contributed by atoms with Gasteiger partial charge in [0.1, 0.15) is 5.75 Å². The van der Waals surface area contributed by atoms with Gasteiger partial charge in [0.2, 0.25) is 0 Å². The van der Waals surface area contributed by atoms with Crippen LogP contribution in [0, 0.1) is 10.1 Å². The molecule has 0 spiro atoms. The molecular weight excluding hydrogens is 278 g/mol. The van der Waals surface area contributed by atoms with Crippen molar-refractivity contribution in [3.8, 4) is 5.75 Å². The van der Waals surface area contributed by atoms with Gasteiger partial charge >= 0.3 is 6.03 Å². The number of amides is 3. The van der Waals surface area contributed by atoms with Crippen LogP contribution < -0.4 is 15.4 Å². The number of carbonyl (C=O) groups is 2. The van der Waals surface area contributed by atoms with E-state index >= 15 is 0 Å². The van der Waals surface area contributed by atoms with E-state index in [1.165, 1.54) is 24.3 Å². The number of non-ortho nitro benzene ring substituents is 1. The zero-order chi connectivity index (χ0) is 15.8. The second-order valence-corrected chi connectivity index (χ2v) is 4.37. The van der Waals surface area contributed by atoms with E-state index in [0.717, 1.165) is 6.42 Å². The lowest BCUT2D eigenvalue weighted by Gasteiger charge is -2.12. The number of imide groups is 1. The minimum Gasteiger partial charge on any atom is -0.484 e. The van der Waals surface area contributed by atoms with Crippen LogP contribution in [0.2, 0.25) is 0 Å². The highest BCUT2D eigenvalue weighted by Crippen LogP contribution is 2.16. The Morgan fingerprint density at radius 3 is 2.48 bits per heavy atom. The molecule has 3 amide bonds. The largest absolute Gasteiger partial charge is 0.484 e. The number of rotatable bonds is 6. The number of benzene rings is 1. The maximum Gasteiger partial charge on any atom is 0.321 e. The topological polar surface area (TPSA) is 111 Å². The molecule has 0 bridgehead atoms. The lowest BCUT2D eigenvalue weighted by molar-refractivity contribution is -0.384. The summed E-state index contributed by atoms with van der Waals surface area (Å²) >= 11 is 0. The van der Waals surface area contributed by atoms with Crippen molar-refractivity contribution >= 4 is 17.6 Å². The molecular formula is C13H17N3O5. The van der Waals surface area contributed by atoms with E-state index < -0.39 is 16.9 Å². The van der Waals surface area contributed by atoms with Gasteiger partial charge in [0.05, 0.1) is 4.92 Å². The zero-order valence-electron chi connectivity index (χ0n) is 11.8. The summed E-state index contributed by atoms with van der Waals surface area (Å²) in [7, 11) is 0. The van der Waals surface area contributed by atoms with Gasteiger partial charge in [0.15, 0.2) is 6.61 Å². The van der Waals surface area contributed by atoms with E-state index in [-0.39, 0.29) is 18.3 Å². The number of nitro benzene ring substituents is 1. The fraction of sp³-hybridized carbons (Fsp3) is 0.385. The maximum atomic E-state index is 11.5. The van der Waals surface area contributed by atoms with E-state index in [0.29, 0.717) is 5.75 Å². The highest BCUT2D eigenvalue weighted by Gasteiger charge is 2.11. The van der Waals surface area contributed by atoms with Gasteiger partial charge in [-0.2, -0.15) is 0 Å². The Bertz CT molecular complexity index is 515. The number of hydrogen-bond donors (Lipinski definition) is 2. The smallest absolute Gasteiger partial charge is 0.321 e. The molecule has 0 unspecified atom stereocenters. The van der Waals surface area contributed by atoms with Gasteiger partial charge in [-0.3, -0.25) is 20.2 Å². The summed E-state index contributed by atoms with van der Waals surface area (Å²) < 4.78 is 5.12. The lowest BCUT2D eigenvalue weighted by atomic mass is 10.3. The molecule has 0 aromatic heterocycles. The minimum absolute atomic E-state index is 0.0339. The number of nitrogens with zero attached hydrogens (tertiary/aromatic N) is 1. The Kier molecular flexibility index (Phi) is 6.12. The van der Waals surface area contributed by atoms with E-state index in [1.54, 1.807) is 0 Å². The Balaban J connectivity index is 2.39. The predicted octanol–water partition coefficient (Wildman–Crippen LogP) is 1.60. The third-order valence-corrected chi connectivity index (χ3v) is 2.66. The van der Waals surface area contributed by atoms with Crippen molar-refractivity contribution in [1.82, 2.24) is 10.6 Å². The van der Waals surface area contributed by atoms with Crippen LogP contribution in [-0.2, 0) is 4.79 Å². The van der Waals surface area contributed by atoms with Gasteiger partial charge in [-0.15, -0.1) is 0 Å². The van der Waals surface area contributed by atoms with Crippen molar-refractivity contribution in [2.75, 3.05) is 6.61 Å². The second-order valence-electron chi connectivity index (χ2n) is 4.37. The third kappa shape index (κ3) is 5.89. The molecule has 1 atom stereocenters. The molecule has 2 N–H and O–H groups in total. The first kappa shape index (κ1) is 16.4. The van der Waals surface area contributed by atoms with E-state index in [2.05, 4.69) is 10.6 Å². The fourth-order valence-corrected chi connectivity index (χ4v) is 1.34. The highest BCUT2D eigenvalue weighted by molar-refractivity contribution is 5.95. The van der Waals surface area contributed by atoms with Crippen LogP contribution >= 0.6 is 0 Å². The number of hydrogen-bond acceptors (Lipinski definition) is 5. The SMILES string of the molecule is CC[C@@H](C)NC(=O)NC(=O)COc1ccc([N+](=O)[O-])cc1. The van der Waals surface area contributed by atoms with E-state index in [9.17, 15) is 19.7 Å². The summed E-state index contributed by atoms with van der Waals surface area (Å²) in [6.07, 6.45) is 0.751. The molecule has 0 aliphatic heterocycles. The Labute approximate surface area is 121 Å². The molecule has 8 nitrogen and oxygen atoms in total. The van der Waals surface area contributed by atoms with Gasteiger partial charge in [0, 0.05) is 18.2 Å². The quantitative estimate of drug-likeness (QED) is 0.611. The average molecular weight is 295 g/mol. The molecule has 21 heavy (non-hydrogen) atoms. The molecule has 1 aromatic rings. The second kappa shape index (κ2) is 7.83. The number of ether oxygens (including phenoxy) is 1. The average Bonchev–Trinajstić information content (AvgIpc) is 2.45. The summed E-state index contributed by atoms with van der Waals surface area (Å²) in [5, 5.41) is 15.2. The summed E-state index contributed by atoms with van der Waals surface area (Å²) in [6.45, 7) is 3.37. The minimum atomic E-state index is -0.603. The molecule has 114 valence electrons. The number of carbonyl (C=O) groups excluding carboxylic acids is 2. The van der Waals surface area contributed by atoms with Gasteiger partial charge in [-0.25, -0.2) is 4.79 Å². The van der Waals surface area contributed by atoms with Crippen molar-refractivity contribution in [1.29, 1.82) is 0 Å². The zero-order valence-corrected chi connectivity index (χ0v) is 11.8. The summed E-state index contributed by atoms with van der Waals surface area (Å²) in [5.74, 6) is -0.299. The molecule has 0 fully saturated rings. The molecule has 0 saturated heterocycles. The first-order valence-corrected chi connectivity index (χ1v) is 6.40. The van der Waals surface area contributed by atoms with Crippen LogP contribution in [0.1, 0.15) is 20.3 Å². The molecule has 0 heterocycles. The van der Waals surface area contributed by atoms with Gasteiger partial charge in [-0.05, 0) is 25.5 Å². The Morgan fingerprint density at radius 1 is 1.33 bits per heavy atom. The lowest BCUT2D eigenvalue weighted by Crippen LogP contribution is -2.44. The molecule has 1 aromatic carbocycles. The summed E-state index contributed by atoms with van der Waals surface area (Å²) in [6, 6.07) is 4.68. The van der Waals surface area contributed by atoms with Crippen LogP contribution in [-0.4, -0.2) is 29.5 Å². The maximum absolute atomic E-state index is 11.5. The number of nitrogens with one attached hydrogen (secondary N) is 2. The standard InChI is InChI=1S/C13H17N3O5/c1-3-9(2)14-13(18)15-12(17)8-21-11-6-4-10(5-7-11)16(19)20/h4-7,9H,3,8H2,1-2H3,(H2,14,15,17,18)/t9-/m1/s1. The van der Waals surface area contributed by atoms with Gasteiger partial charge in [-0.1, -0.05) is 6.92 Å². The Morgan fingerprint density at radius 2 is 1.95 bits per heavy atom. The molecule has 1 rings (SSSR count). The molecule has 0 aliphatic carbocycles. The van der Waals surface area contributed by atoms with Crippen LogP contribution in [0.15, 0.2) is 24.3 Å². The van der Waals surface area contributed by atoms with Gasteiger partial charge in [0.25, 0.3) is 11.6 Å². The molecule has 0 aliphatic rings. The van der Waals surface area contributed by atoms with E-state index in [4.69, 9.17) is 4.74 Å². The van der Waals surface area contributed by atoms with Crippen molar-refractivity contribution in [3.05, 3.63) is 34.4 Å². The summed E-state index contributed by atoms with van der Waals surface area (Å²) in [4.78, 5) is 32.8. The van der Waals surface area contributed by atoms with Crippen LogP contribution in [0.25, 0.3) is 0 Å². The first-order valence-electron chi connectivity index (χ1n) is 6.40. The fourth-order valence-electron chi connectivity index (χ4n) is 1.34. The number of nitro groups is 1. The predicted molar refractivity (Wildman–Crippen MR) is 75.0 cm³/mol. The van der Waals surface area contributed by atoms with Crippen molar-refractivity contribution in [2.24, 2.45) is 0 Å².